The number of aliphatic carboxylic acids is 2. The topological polar surface area (TPSA) is 98.4 Å². The highest BCUT2D eigenvalue weighted by molar-refractivity contribution is 5.77. The van der Waals surface area contributed by atoms with Gasteiger partial charge in [-0.05, 0) is 18.8 Å². The molecule has 0 amide bonds. The highest BCUT2D eigenvalue weighted by Gasteiger charge is 2.37. The van der Waals surface area contributed by atoms with E-state index in [0.717, 1.165) is 0 Å². The molecule has 0 aromatic carbocycles. The fraction of sp³-hybridized carbons (Fsp3) is 0.750. The summed E-state index contributed by atoms with van der Waals surface area (Å²) in [6, 6.07) is 2.17. The lowest BCUT2D eigenvalue weighted by molar-refractivity contribution is -0.149. The summed E-state index contributed by atoms with van der Waals surface area (Å²) in [6.07, 6.45) is 0.162. The van der Waals surface area contributed by atoms with E-state index in [2.05, 4.69) is 6.07 Å². The van der Waals surface area contributed by atoms with Crippen molar-refractivity contribution in [2.24, 2.45) is 17.3 Å². The van der Waals surface area contributed by atoms with Crippen molar-refractivity contribution in [3.8, 4) is 6.07 Å². The number of hydrogen-bond donors (Lipinski definition) is 2. The van der Waals surface area contributed by atoms with Crippen LogP contribution in [0.4, 0.5) is 0 Å². The highest BCUT2D eigenvalue weighted by Crippen LogP contribution is 2.38. The van der Waals surface area contributed by atoms with E-state index in [1.165, 1.54) is 0 Å². The second-order valence-electron chi connectivity index (χ2n) is 4.61. The van der Waals surface area contributed by atoms with Crippen molar-refractivity contribution in [1.29, 1.82) is 5.26 Å². The number of carboxylic acids is 2. The highest BCUT2D eigenvalue weighted by atomic mass is 16.4. The lowest BCUT2D eigenvalue weighted by atomic mass is 9.70. The molecular weight excluding hydrogens is 222 g/mol. The number of carbonyl (C=O) groups is 2. The summed E-state index contributed by atoms with van der Waals surface area (Å²) < 4.78 is 0. The average Bonchev–Trinajstić information content (AvgIpc) is 2.23. The molecule has 2 atom stereocenters. The Morgan fingerprint density at radius 2 is 1.88 bits per heavy atom. The Kier molecular flexibility index (Phi) is 5.66. The molecule has 5 nitrogen and oxygen atoms in total. The Labute approximate surface area is 101 Å². The van der Waals surface area contributed by atoms with Gasteiger partial charge in [-0.25, -0.2) is 0 Å². The van der Waals surface area contributed by atoms with Gasteiger partial charge in [0.2, 0.25) is 0 Å². The van der Waals surface area contributed by atoms with E-state index in [9.17, 15) is 14.9 Å². The molecule has 17 heavy (non-hydrogen) atoms. The fourth-order valence-corrected chi connectivity index (χ4v) is 1.94. The number of nitrogens with zero attached hydrogens (tertiary/aromatic N) is 1. The number of hydrogen-bond acceptors (Lipinski definition) is 3. The van der Waals surface area contributed by atoms with Crippen molar-refractivity contribution >= 4 is 11.9 Å². The molecule has 0 saturated carbocycles. The van der Waals surface area contributed by atoms with E-state index in [1.54, 1.807) is 0 Å². The summed E-state index contributed by atoms with van der Waals surface area (Å²) in [5, 5.41) is 26.9. The van der Waals surface area contributed by atoms with E-state index >= 15 is 0 Å². The molecule has 0 heterocycles. The number of rotatable bonds is 7. The summed E-state index contributed by atoms with van der Waals surface area (Å²) >= 11 is 0. The zero-order chi connectivity index (χ0) is 13.6. The summed E-state index contributed by atoms with van der Waals surface area (Å²) in [7, 11) is 0. The van der Waals surface area contributed by atoms with Crippen molar-refractivity contribution in [2.45, 2.75) is 40.0 Å². The molecule has 0 aliphatic rings. The first kappa shape index (κ1) is 15.4. The molecule has 0 aromatic heterocycles. The Balaban J connectivity index is 5.00. The van der Waals surface area contributed by atoms with Gasteiger partial charge in [0.15, 0.2) is 0 Å². The minimum absolute atomic E-state index is 0.00635. The average molecular weight is 241 g/mol. The maximum absolute atomic E-state index is 11.0. The molecule has 0 radical (unpaired) electrons. The minimum atomic E-state index is -1.15. The van der Waals surface area contributed by atoms with Crippen LogP contribution >= 0.6 is 0 Å². The molecule has 0 rings (SSSR count). The largest absolute Gasteiger partial charge is 0.481 e. The Morgan fingerprint density at radius 3 is 2.12 bits per heavy atom. The molecule has 0 aliphatic carbocycles. The van der Waals surface area contributed by atoms with Crippen LogP contribution in [-0.4, -0.2) is 22.2 Å². The predicted octanol–water partition coefficient (Wildman–Crippen LogP) is 2.13. The van der Waals surface area contributed by atoms with Crippen molar-refractivity contribution in [1.82, 2.24) is 0 Å². The van der Waals surface area contributed by atoms with Crippen LogP contribution in [0, 0.1) is 28.6 Å². The lowest BCUT2D eigenvalue weighted by Gasteiger charge is -2.31. The van der Waals surface area contributed by atoms with E-state index in [1.807, 2.05) is 20.8 Å². The molecule has 0 fully saturated rings. The molecular formula is C12H19NO4. The quantitative estimate of drug-likeness (QED) is 0.711. The molecule has 2 N–H and O–H groups in total. The van der Waals surface area contributed by atoms with Crippen LogP contribution in [0.5, 0.6) is 0 Å². The van der Waals surface area contributed by atoms with Gasteiger partial charge in [-0.15, -0.1) is 0 Å². The van der Waals surface area contributed by atoms with Crippen LogP contribution in [0.1, 0.15) is 40.0 Å². The van der Waals surface area contributed by atoms with Gasteiger partial charge < -0.3 is 10.2 Å². The Morgan fingerprint density at radius 1 is 1.35 bits per heavy atom. The smallest absolute Gasteiger partial charge is 0.307 e. The normalized spacial score (nSPS) is 15.9. The molecule has 2 unspecified atom stereocenters. The van der Waals surface area contributed by atoms with E-state index in [0.29, 0.717) is 6.42 Å². The van der Waals surface area contributed by atoms with Crippen LogP contribution in [0.25, 0.3) is 0 Å². The van der Waals surface area contributed by atoms with Gasteiger partial charge >= 0.3 is 11.9 Å². The first-order valence-electron chi connectivity index (χ1n) is 5.65. The zero-order valence-corrected chi connectivity index (χ0v) is 10.4. The van der Waals surface area contributed by atoms with Crippen LogP contribution in [-0.2, 0) is 9.59 Å². The SMILES string of the molecule is CCC(C#N)(CC(CC(=O)O)C(=O)O)C(C)C. The van der Waals surface area contributed by atoms with Crippen molar-refractivity contribution < 1.29 is 19.8 Å². The number of carboxylic acid groups (broad SMARTS) is 2. The predicted molar refractivity (Wildman–Crippen MR) is 61.2 cm³/mol. The third kappa shape index (κ3) is 4.06. The lowest BCUT2D eigenvalue weighted by Crippen LogP contribution is -2.31. The summed E-state index contributed by atoms with van der Waals surface area (Å²) in [5.41, 5.74) is -0.765. The Bertz CT molecular complexity index is 332. The van der Waals surface area contributed by atoms with E-state index in [4.69, 9.17) is 10.2 Å². The second kappa shape index (κ2) is 6.24. The summed E-state index contributed by atoms with van der Waals surface area (Å²) in [6.45, 7) is 5.53. The summed E-state index contributed by atoms with van der Waals surface area (Å²) in [4.78, 5) is 21.6. The molecule has 0 aromatic rings. The van der Waals surface area contributed by atoms with Gasteiger partial charge in [-0.1, -0.05) is 20.8 Å². The van der Waals surface area contributed by atoms with Crippen molar-refractivity contribution in [3.05, 3.63) is 0 Å². The third-order valence-corrected chi connectivity index (χ3v) is 3.34. The van der Waals surface area contributed by atoms with Crippen LogP contribution < -0.4 is 0 Å². The van der Waals surface area contributed by atoms with Crippen LogP contribution in [0.2, 0.25) is 0 Å². The van der Waals surface area contributed by atoms with Crippen LogP contribution in [0.3, 0.4) is 0 Å². The fourth-order valence-electron chi connectivity index (χ4n) is 1.94. The van der Waals surface area contributed by atoms with Gasteiger partial charge in [0.1, 0.15) is 0 Å². The molecule has 0 spiro atoms. The molecule has 0 saturated heterocycles. The third-order valence-electron chi connectivity index (χ3n) is 3.34. The molecule has 0 aliphatic heterocycles. The number of nitriles is 1. The first-order chi connectivity index (χ1) is 7.79. The second-order valence-corrected chi connectivity index (χ2v) is 4.61. The molecule has 96 valence electrons. The van der Waals surface area contributed by atoms with E-state index in [-0.39, 0.29) is 12.3 Å². The first-order valence-corrected chi connectivity index (χ1v) is 5.65. The van der Waals surface area contributed by atoms with Gasteiger partial charge in [0, 0.05) is 0 Å². The summed E-state index contributed by atoms with van der Waals surface area (Å²) in [5.74, 6) is -3.31. The monoisotopic (exact) mass is 241 g/mol. The van der Waals surface area contributed by atoms with Gasteiger partial charge in [-0.2, -0.15) is 5.26 Å². The maximum Gasteiger partial charge on any atom is 0.307 e. The molecule has 0 bridgehead atoms. The minimum Gasteiger partial charge on any atom is -0.481 e. The van der Waals surface area contributed by atoms with E-state index < -0.39 is 29.7 Å². The molecule has 5 heteroatoms. The van der Waals surface area contributed by atoms with Crippen LogP contribution in [0.15, 0.2) is 0 Å². The zero-order valence-electron chi connectivity index (χ0n) is 10.4. The van der Waals surface area contributed by atoms with Crippen molar-refractivity contribution in [2.75, 3.05) is 0 Å². The Hall–Kier alpha value is -1.57. The van der Waals surface area contributed by atoms with Gasteiger partial charge in [-0.3, -0.25) is 9.59 Å². The maximum atomic E-state index is 11.0. The standard InChI is InChI=1S/C12H19NO4/c1-4-12(7-13,8(2)3)6-9(11(16)17)5-10(14)15/h8-9H,4-6H2,1-3H3,(H,14,15)(H,16,17). The van der Waals surface area contributed by atoms with Crippen molar-refractivity contribution in [3.63, 3.8) is 0 Å². The van der Waals surface area contributed by atoms with Gasteiger partial charge in [0.05, 0.1) is 23.8 Å². The van der Waals surface area contributed by atoms with Gasteiger partial charge in [0.25, 0.3) is 0 Å².